The molecule has 0 aromatic heterocycles. The van der Waals surface area contributed by atoms with Gasteiger partial charge in [0.1, 0.15) is 0 Å². The van der Waals surface area contributed by atoms with Gasteiger partial charge in [-0.15, -0.1) is 0 Å². The molecule has 1 rings (SSSR count). The molecule has 0 saturated carbocycles. The van der Waals surface area contributed by atoms with Gasteiger partial charge in [-0.05, 0) is 57.8 Å². The molecule has 0 fully saturated rings. The van der Waals surface area contributed by atoms with E-state index in [9.17, 15) is 4.79 Å². The minimum Gasteiger partial charge on any atom is -0.489 e. The first kappa shape index (κ1) is 14.3. The zero-order chi connectivity index (χ0) is 13.0. The molecule has 0 aliphatic heterocycles. The summed E-state index contributed by atoms with van der Waals surface area (Å²) < 4.78 is 12.2. The first-order chi connectivity index (χ1) is 7.97. The molecule has 0 radical (unpaired) electrons. The molecular formula is C12H12Br2O3. The third kappa shape index (κ3) is 3.57. The van der Waals surface area contributed by atoms with Gasteiger partial charge < -0.3 is 9.47 Å². The minimum absolute atomic E-state index is 0.339. The third-order valence-corrected chi connectivity index (χ3v) is 3.83. The van der Waals surface area contributed by atoms with Crippen LogP contribution in [0.15, 0.2) is 33.2 Å². The van der Waals surface area contributed by atoms with Crippen molar-refractivity contribution in [3.05, 3.63) is 33.2 Å². The summed E-state index contributed by atoms with van der Waals surface area (Å²) in [4.78, 5) is 11.5. The predicted octanol–water partition coefficient (Wildman–Crippen LogP) is 4.09. The monoisotopic (exact) mass is 362 g/mol. The number of hydrogen-bond donors (Lipinski definition) is 0. The smallest absolute Gasteiger partial charge is 0.338 e. The highest BCUT2D eigenvalue weighted by Crippen LogP contribution is 2.40. The molecule has 17 heavy (non-hydrogen) atoms. The molecule has 1 aromatic rings. The summed E-state index contributed by atoms with van der Waals surface area (Å²) in [5.74, 6) is 0.395. The lowest BCUT2D eigenvalue weighted by atomic mass is 10.3. The molecule has 0 amide bonds. The van der Waals surface area contributed by atoms with Crippen LogP contribution in [0.2, 0.25) is 0 Å². The van der Waals surface area contributed by atoms with Crippen LogP contribution in [0.25, 0.3) is 0 Å². The topological polar surface area (TPSA) is 35.5 Å². The van der Waals surface area contributed by atoms with Gasteiger partial charge in [0, 0.05) is 10.0 Å². The lowest BCUT2D eigenvalue weighted by Crippen LogP contribution is -2.09. The Balaban J connectivity index is 3.10. The number of esters is 1. The van der Waals surface area contributed by atoms with Crippen LogP contribution in [0.1, 0.15) is 13.8 Å². The van der Waals surface area contributed by atoms with Gasteiger partial charge in [0.05, 0.1) is 11.1 Å². The molecule has 3 nitrogen and oxygen atoms in total. The Morgan fingerprint density at radius 2 is 2.06 bits per heavy atom. The van der Waals surface area contributed by atoms with E-state index in [2.05, 4.69) is 38.4 Å². The standard InChI is InChI=1S/C12H12Br2O3/c1-4-16-11-9(17-12(15)7(2)3)6-5-8(13)10(11)14/h5-6H,2,4H2,1,3H3. The Bertz CT molecular complexity index is 455. The van der Waals surface area contributed by atoms with E-state index in [4.69, 9.17) is 9.47 Å². The zero-order valence-corrected chi connectivity index (χ0v) is 12.7. The molecule has 0 saturated heterocycles. The van der Waals surface area contributed by atoms with Crippen molar-refractivity contribution in [1.29, 1.82) is 0 Å². The largest absolute Gasteiger partial charge is 0.489 e. The maximum absolute atomic E-state index is 11.5. The van der Waals surface area contributed by atoms with Crippen LogP contribution >= 0.6 is 31.9 Å². The average Bonchev–Trinajstić information content (AvgIpc) is 2.28. The fourth-order valence-electron chi connectivity index (χ4n) is 1.06. The van der Waals surface area contributed by atoms with Gasteiger partial charge in [-0.2, -0.15) is 0 Å². The summed E-state index contributed by atoms with van der Waals surface area (Å²) >= 11 is 6.73. The molecule has 0 heterocycles. The molecule has 0 spiro atoms. The number of hydrogen-bond acceptors (Lipinski definition) is 3. The normalized spacial score (nSPS) is 9.88. The lowest BCUT2D eigenvalue weighted by molar-refractivity contribution is -0.130. The summed E-state index contributed by atoms with van der Waals surface area (Å²) in [5.41, 5.74) is 0.339. The van der Waals surface area contributed by atoms with Crippen molar-refractivity contribution < 1.29 is 14.3 Å². The number of carbonyl (C=O) groups excluding carboxylic acids is 1. The summed E-state index contributed by atoms with van der Waals surface area (Å²) in [7, 11) is 0. The van der Waals surface area contributed by atoms with Gasteiger partial charge in [0.15, 0.2) is 11.5 Å². The van der Waals surface area contributed by atoms with Gasteiger partial charge in [-0.1, -0.05) is 6.58 Å². The molecular weight excluding hydrogens is 352 g/mol. The van der Waals surface area contributed by atoms with Crippen molar-refractivity contribution >= 4 is 37.8 Å². The number of ether oxygens (including phenoxy) is 2. The molecule has 1 aromatic carbocycles. The Morgan fingerprint density at radius 3 is 2.59 bits per heavy atom. The fraction of sp³-hybridized carbons (Fsp3) is 0.250. The second-order valence-electron chi connectivity index (χ2n) is 3.29. The third-order valence-electron chi connectivity index (χ3n) is 1.85. The number of carbonyl (C=O) groups is 1. The number of benzene rings is 1. The van der Waals surface area contributed by atoms with Gasteiger partial charge >= 0.3 is 5.97 Å². The van der Waals surface area contributed by atoms with Gasteiger partial charge in [0.2, 0.25) is 0 Å². The molecule has 0 aliphatic carbocycles. The van der Waals surface area contributed by atoms with Crippen molar-refractivity contribution in [2.24, 2.45) is 0 Å². The predicted molar refractivity (Wildman–Crippen MR) is 73.5 cm³/mol. The summed E-state index contributed by atoms with van der Waals surface area (Å²) in [6.07, 6.45) is 0. The van der Waals surface area contributed by atoms with Crippen LogP contribution in [-0.2, 0) is 4.79 Å². The van der Waals surface area contributed by atoms with Crippen molar-refractivity contribution in [2.75, 3.05) is 6.61 Å². The van der Waals surface area contributed by atoms with Crippen molar-refractivity contribution in [3.63, 3.8) is 0 Å². The molecule has 0 atom stereocenters. The van der Waals surface area contributed by atoms with Crippen molar-refractivity contribution in [3.8, 4) is 11.5 Å². The summed E-state index contributed by atoms with van der Waals surface area (Å²) in [6, 6.07) is 3.44. The van der Waals surface area contributed by atoms with E-state index in [1.165, 1.54) is 0 Å². The molecule has 5 heteroatoms. The molecule has 0 bridgehead atoms. The molecule has 0 unspecified atom stereocenters. The van der Waals surface area contributed by atoms with E-state index in [-0.39, 0.29) is 0 Å². The highest BCUT2D eigenvalue weighted by molar-refractivity contribution is 9.13. The van der Waals surface area contributed by atoms with E-state index in [1.807, 2.05) is 6.92 Å². The van der Waals surface area contributed by atoms with Crippen LogP contribution in [0.4, 0.5) is 0 Å². The van der Waals surface area contributed by atoms with Gasteiger partial charge in [-0.25, -0.2) is 4.79 Å². The Labute approximate surface area is 117 Å². The second-order valence-corrected chi connectivity index (χ2v) is 4.94. The van der Waals surface area contributed by atoms with Crippen LogP contribution in [0.3, 0.4) is 0 Å². The maximum atomic E-state index is 11.5. The zero-order valence-electron chi connectivity index (χ0n) is 9.55. The van der Waals surface area contributed by atoms with E-state index >= 15 is 0 Å². The average molecular weight is 364 g/mol. The molecule has 92 valence electrons. The first-order valence-electron chi connectivity index (χ1n) is 4.95. The van der Waals surface area contributed by atoms with E-state index in [0.29, 0.717) is 28.2 Å². The van der Waals surface area contributed by atoms with Crippen LogP contribution < -0.4 is 9.47 Å². The van der Waals surface area contributed by atoms with E-state index in [1.54, 1.807) is 19.1 Å². The summed E-state index contributed by atoms with van der Waals surface area (Å²) in [6.45, 7) is 7.46. The van der Waals surface area contributed by atoms with E-state index < -0.39 is 5.97 Å². The molecule has 0 N–H and O–H groups in total. The van der Waals surface area contributed by atoms with Crippen LogP contribution in [0, 0.1) is 0 Å². The van der Waals surface area contributed by atoms with Crippen LogP contribution in [0.5, 0.6) is 11.5 Å². The first-order valence-corrected chi connectivity index (χ1v) is 6.54. The van der Waals surface area contributed by atoms with E-state index in [0.717, 1.165) is 4.47 Å². The Morgan fingerprint density at radius 1 is 1.41 bits per heavy atom. The highest BCUT2D eigenvalue weighted by atomic mass is 79.9. The number of halogens is 2. The summed E-state index contributed by atoms with van der Waals surface area (Å²) in [5, 5.41) is 0. The van der Waals surface area contributed by atoms with Crippen LogP contribution in [-0.4, -0.2) is 12.6 Å². The minimum atomic E-state index is -0.472. The van der Waals surface area contributed by atoms with Gasteiger partial charge in [0.25, 0.3) is 0 Å². The molecule has 0 aliphatic rings. The quantitative estimate of drug-likeness (QED) is 0.459. The van der Waals surface area contributed by atoms with Crippen molar-refractivity contribution in [2.45, 2.75) is 13.8 Å². The number of rotatable bonds is 4. The fourth-order valence-corrected chi connectivity index (χ4v) is 1.81. The maximum Gasteiger partial charge on any atom is 0.338 e. The SMILES string of the molecule is C=C(C)C(=O)Oc1ccc(Br)c(Br)c1OCC. The Kier molecular flexibility index (Phi) is 5.21. The lowest BCUT2D eigenvalue weighted by Gasteiger charge is -2.13. The van der Waals surface area contributed by atoms with Gasteiger partial charge in [-0.3, -0.25) is 0 Å². The second kappa shape index (κ2) is 6.21. The Hall–Kier alpha value is -0.810. The van der Waals surface area contributed by atoms with Crippen molar-refractivity contribution in [1.82, 2.24) is 0 Å². The highest BCUT2D eigenvalue weighted by Gasteiger charge is 2.15.